The number of ether oxygens (including phenoxy) is 2. The van der Waals surface area contributed by atoms with Gasteiger partial charge < -0.3 is 40.3 Å². The topological polar surface area (TPSA) is 132 Å². The molecule has 14 atom stereocenters. The molecule has 2 aliphatic heterocycles. The molecule has 14 unspecified atom stereocenters. The Morgan fingerprint density at radius 1 is 1.15 bits per heavy atom. The van der Waals surface area contributed by atoms with Crippen LogP contribution in [0.15, 0.2) is 34.4 Å². The lowest BCUT2D eigenvalue weighted by molar-refractivity contribution is -0.315. The number of aliphatic hydroxyl groups is 5. The van der Waals surface area contributed by atoms with E-state index in [1.807, 2.05) is 0 Å². The summed E-state index contributed by atoms with van der Waals surface area (Å²) in [6.07, 6.45) is 5.18. The van der Waals surface area contributed by atoms with Crippen LogP contribution < -0.4 is 5.32 Å². The predicted octanol–water partition coefficient (Wildman–Crippen LogP) is 2.59. The van der Waals surface area contributed by atoms with Crippen molar-refractivity contribution >= 4 is 0 Å². The highest BCUT2D eigenvalue weighted by molar-refractivity contribution is 5.46. The molecule has 0 aromatic heterocycles. The minimum Gasteiger partial charge on any atom is -0.394 e. The molecule has 6 rings (SSSR count). The second-order valence-electron chi connectivity index (χ2n) is 14.3. The first-order valence-corrected chi connectivity index (χ1v) is 16.0. The maximum absolute atomic E-state index is 10.7. The molecule has 41 heavy (non-hydrogen) atoms. The van der Waals surface area contributed by atoms with Crippen molar-refractivity contribution in [1.29, 1.82) is 0 Å². The number of allylic oxidation sites excluding steroid dienone is 4. The largest absolute Gasteiger partial charge is 0.394 e. The lowest BCUT2D eigenvalue weighted by atomic mass is 9.56. The van der Waals surface area contributed by atoms with E-state index in [0.29, 0.717) is 23.7 Å². The van der Waals surface area contributed by atoms with E-state index in [2.05, 4.69) is 45.2 Å². The van der Waals surface area contributed by atoms with Gasteiger partial charge in [-0.25, -0.2) is 0 Å². The second kappa shape index (κ2) is 11.4. The van der Waals surface area contributed by atoms with Gasteiger partial charge in [-0.2, -0.15) is 0 Å². The molecule has 0 aromatic rings. The number of rotatable bonds is 5. The van der Waals surface area contributed by atoms with Crippen molar-refractivity contribution in [3.63, 3.8) is 0 Å². The summed E-state index contributed by atoms with van der Waals surface area (Å²) in [5, 5.41) is 54.9. The highest BCUT2D eigenvalue weighted by atomic mass is 16.7. The fourth-order valence-electron chi connectivity index (χ4n) is 9.41. The summed E-state index contributed by atoms with van der Waals surface area (Å²) >= 11 is 0. The van der Waals surface area contributed by atoms with Gasteiger partial charge in [0.05, 0.1) is 18.8 Å². The first kappa shape index (κ1) is 29.9. The van der Waals surface area contributed by atoms with Gasteiger partial charge in [0.2, 0.25) is 0 Å². The van der Waals surface area contributed by atoms with Gasteiger partial charge in [0.15, 0.2) is 6.29 Å². The van der Waals surface area contributed by atoms with Crippen LogP contribution in [0.2, 0.25) is 0 Å². The SMILES string of the molecule is CC1=C(C(C)C2NCC(C)CC2OC2OC(CO)C(O)C(O)C2O)CCC2C1=CC1C2CC=C2CC(O)CCC21C. The molecule has 230 valence electrons. The maximum atomic E-state index is 10.7. The number of hydrogen-bond acceptors (Lipinski definition) is 8. The normalized spacial score (nSPS) is 49.0. The Morgan fingerprint density at radius 2 is 1.93 bits per heavy atom. The van der Waals surface area contributed by atoms with Gasteiger partial charge in [-0.3, -0.25) is 0 Å². The highest BCUT2D eigenvalue weighted by Crippen LogP contribution is 2.61. The van der Waals surface area contributed by atoms with Crippen molar-refractivity contribution in [2.45, 2.75) is 122 Å². The lowest BCUT2D eigenvalue weighted by Crippen LogP contribution is -2.62. The van der Waals surface area contributed by atoms with Gasteiger partial charge >= 0.3 is 0 Å². The molecule has 8 nitrogen and oxygen atoms in total. The molecule has 4 aliphatic carbocycles. The number of hydrogen-bond donors (Lipinski definition) is 6. The van der Waals surface area contributed by atoms with E-state index < -0.39 is 37.3 Å². The average molecular weight is 574 g/mol. The van der Waals surface area contributed by atoms with Gasteiger partial charge in [-0.05, 0) is 105 Å². The lowest BCUT2D eigenvalue weighted by Gasteiger charge is -2.49. The molecule has 3 fully saturated rings. The van der Waals surface area contributed by atoms with Crippen LogP contribution in [0.1, 0.15) is 72.6 Å². The summed E-state index contributed by atoms with van der Waals surface area (Å²) in [4.78, 5) is 0. The molecule has 0 bridgehead atoms. The van der Waals surface area contributed by atoms with Gasteiger partial charge in [0.25, 0.3) is 0 Å². The molecule has 6 aliphatic rings. The smallest absolute Gasteiger partial charge is 0.187 e. The quantitative estimate of drug-likeness (QED) is 0.277. The Bertz CT molecular complexity index is 1090. The first-order chi connectivity index (χ1) is 19.5. The zero-order valence-electron chi connectivity index (χ0n) is 25.1. The van der Waals surface area contributed by atoms with Gasteiger partial charge in [0, 0.05) is 6.04 Å². The van der Waals surface area contributed by atoms with Crippen LogP contribution in [-0.4, -0.2) is 87.6 Å². The zero-order chi connectivity index (χ0) is 29.2. The van der Waals surface area contributed by atoms with Crippen LogP contribution in [0.4, 0.5) is 0 Å². The highest BCUT2D eigenvalue weighted by Gasteiger charge is 2.52. The van der Waals surface area contributed by atoms with Crippen LogP contribution in [-0.2, 0) is 9.47 Å². The summed E-state index contributed by atoms with van der Waals surface area (Å²) in [7, 11) is 0. The summed E-state index contributed by atoms with van der Waals surface area (Å²) < 4.78 is 12.1. The van der Waals surface area contributed by atoms with E-state index in [1.54, 1.807) is 0 Å². The molecule has 2 heterocycles. The van der Waals surface area contributed by atoms with E-state index in [1.165, 1.54) is 22.3 Å². The number of fused-ring (bicyclic) bond motifs is 5. The van der Waals surface area contributed by atoms with Crippen molar-refractivity contribution < 1.29 is 35.0 Å². The Balaban J connectivity index is 1.23. The maximum Gasteiger partial charge on any atom is 0.187 e. The Hall–Kier alpha value is -1.10. The molecule has 8 heteroatoms. The van der Waals surface area contributed by atoms with Crippen molar-refractivity contribution in [3.05, 3.63) is 34.4 Å². The van der Waals surface area contributed by atoms with Gasteiger partial charge in [-0.1, -0.05) is 44.1 Å². The fraction of sp³-hybridized carbons (Fsp3) is 0.818. The summed E-state index contributed by atoms with van der Waals surface area (Å²) in [6.45, 7) is 9.61. The third-order valence-corrected chi connectivity index (χ3v) is 11.9. The van der Waals surface area contributed by atoms with Crippen LogP contribution >= 0.6 is 0 Å². The van der Waals surface area contributed by atoms with Crippen molar-refractivity contribution in [1.82, 2.24) is 5.32 Å². The van der Waals surface area contributed by atoms with E-state index >= 15 is 0 Å². The third kappa shape index (κ3) is 5.10. The molecule has 0 radical (unpaired) electrons. The van der Waals surface area contributed by atoms with Crippen molar-refractivity contribution in [3.8, 4) is 0 Å². The Kier molecular flexibility index (Phi) is 8.35. The number of aliphatic hydroxyl groups excluding tert-OH is 5. The zero-order valence-corrected chi connectivity index (χ0v) is 25.1. The van der Waals surface area contributed by atoms with Crippen molar-refractivity contribution in [2.75, 3.05) is 13.2 Å². The molecular formula is C33H51NO7. The number of nitrogens with one attached hydrogen (secondary N) is 1. The second-order valence-corrected chi connectivity index (χ2v) is 14.3. The average Bonchev–Trinajstić information content (AvgIpc) is 3.35. The Labute approximate surface area is 244 Å². The summed E-state index contributed by atoms with van der Waals surface area (Å²) in [6, 6.07) is 0.00923. The van der Waals surface area contributed by atoms with E-state index in [-0.39, 0.29) is 29.6 Å². The molecule has 0 aromatic carbocycles. The van der Waals surface area contributed by atoms with E-state index in [9.17, 15) is 25.5 Å². The van der Waals surface area contributed by atoms with Crippen LogP contribution in [0.25, 0.3) is 0 Å². The van der Waals surface area contributed by atoms with E-state index in [4.69, 9.17) is 9.47 Å². The first-order valence-electron chi connectivity index (χ1n) is 16.0. The molecule has 1 saturated carbocycles. The van der Waals surface area contributed by atoms with Crippen molar-refractivity contribution in [2.24, 2.45) is 35.0 Å². The standard InChI is InChI=1S/C33H51NO7/c1-16-11-26(40-32-31(39)30(38)29(37)27(15-35)41-32)28(34-14-16)18(3)21-7-8-22-23-6-5-19-12-20(36)9-10-33(19,4)25(23)13-24(22)17(21)2/h5,13,16,18,20,22-23,25-32,34-39H,6-12,14-15H2,1-4H3. The van der Waals surface area contributed by atoms with Crippen LogP contribution in [0.5, 0.6) is 0 Å². The minimum absolute atomic E-state index is 0.00923. The molecule has 0 amide bonds. The minimum atomic E-state index is -1.45. The van der Waals surface area contributed by atoms with Gasteiger partial charge in [-0.15, -0.1) is 0 Å². The molecule has 0 spiro atoms. The molecular weight excluding hydrogens is 522 g/mol. The Morgan fingerprint density at radius 3 is 2.68 bits per heavy atom. The molecule has 2 saturated heterocycles. The van der Waals surface area contributed by atoms with Crippen LogP contribution in [0.3, 0.4) is 0 Å². The predicted molar refractivity (Wildman–Crippen MR) is 155 cm³/mol. The summed E-state index contributed by atoms with van der Waals surface area (Å²) in [5.74, 6) is 2.36. The summed E-state index contributed by atoms with van der Waals surface area (Å²) in [5.41, 5.74) is 6.06. The van der Waals surface area contributed by atoms with Crippen LogP contribution in [0, 0.1) is 35.0 Å². The molecule has 6 N–H and O–H groups in total. The monoisotopic (exact) mass is 573 g/mol. The van der Waals surface area contributed by atoms with E-state index in [0.717, 1.165) is 51.5 Å². The third-order valence-electron chi connectivity index (χ3n) is 11.9. The number of piperidine rings is 1. The van der Waals surface area contributed by atoms with Gasteiger partial charge in [0.1, 0.15) is 24.4 Å². The fourth-order valence-corrected chi connectivity index (χ4v) is 9.41.